The summed E-state index contributed by atoms with van der Waals surface area (Å²) in [7, 11) is 0. The normalized spacial score (nSPS) is 49.4. The first-order valence-corrected chi connectivity index (χ1v) is 14.9. The van der Waals surface area contributed by atoms with Gasteiger partial charge in [0.2, 0.25) is 0 Å². The zero-order valence-electron chi connectivity index (χ0n) is 21.7. The summed E-state index contributed by atoms with van der Waals surface area (Å²) < 4.78 is 0. The van der Waals surface area contributed by atoms with E-state index in [0.29, 0.717) is 18.0 Å². The summed E-state index contributed by atoms with van der Waals surface area (Å²) in [6.07, 6.45) is 16.6. The molecule has 0 amide bonds. The number of nitrogens with zero attached hydrogens (tertiary/aromatic N) is 1. The molecular formula is C29H49N5. The Hall–Kier alpha value is -0.670. The Labute approximate surface area is 207 Å². The van der Waals surface area contributed by atoms with Gasteiger partial charge in [-0.05, 0) is 139 Å². The first-order valence-electron chi connectivity index (χ1n) is 14.9. The molecular weight excluding hydrogens is 418 g/mol. The van der Waals surface area contributed by atoms with Gasteiger partial charge in [0, 0.05) is 30.7 Å². The lowest BCUT2D eigenvalue weighted by molar-refractivity contribution is 0.0323. The van der Waals surface area contributed by atoms with Gasteiger partial charge in [0.05, 0.1) is 11.5 Å². The van der Waals surface area contributed by atoms with Crippen LogP contribution in [0.5, 0.6) is 0 Å². The molecule has 3 aliphatic carbocycles. The molecule has 0 aromatic carbocycles. The second-order valence-electron chi connectivity index (χ2n) is 13.7. The molecule has 5 heteroatoms. The third-order valence-electron chi connectivity index (χ3n) is 11.8. The van der Waals surface area contributed by atoms with Crippen LogP contribution in [-0.2, 0) is 0 Å². The van der Waals surface area contributed by atoms with Crippen molar-refractivity contribution in [1.82, 2.24) is 21.5 Å². The Morgan fingerprint density at radius 3 is 2.24 bits per heavy atom. The Balaban J connectivity index is 1.12. The summed E-state index contributed by atoms with van der Waals surface area (Å²) in [5, 5.41) is 17.4. The van der Waals surface area contributed by atoms with E-state index in [-0.39, 0.29) is 5.41 Å². The standard InChI is InChI=1S/C29H49N5/c1-29(2,17-30)22-9-5-18(6-10-22)28-27-23-15-20(8-12-25(23)32-16-26(27)33-34-28)19-7-11-24-21(14-19)4-3-13-31-24/h18-28,31-34H,3-16H2,1-2H3. The zero-order valence-corrected chi connectivity index (χ0v) is 21.7. The van der Waals surface area contributed by atoms with Crippen LogP contribution in [0.1, 0.15) is 90.9 Å². The average Bonchev–Trinajstić information content (AvgIpc) is 3.33. The van der Waals surface area contributed by atoms with Crippen molar-refractivity contribution in [2.24, 2.45) is 46.8 Å². The molecule has 0 bridgehead atoms. The molecule has 9 unspecified atom stereocenters. The van der Waals surface area contributed by atoms with E-state index in [9.17, 15) is 5.26 Å². The number of fused-ring (bicyclic) bond motifs is 4. The maximum atomic E-state index is 9.62. The molecule has 0 aromatic rings. The van der Waals surface area contributed by atoms with Crippen molar-refractivity contribution in [3.63, 3.8) is 0 Å². The minimum Gasteiger partial charge on any atom is -0.314 e. The maximum Gasteiger partial charge on any atom is 0.0686 e. The topological polar surface area (TPSA) is 71.9 Å². The Bertz CT molecular complexity index is 752. The van der Waals surface area contributed by atoms with Crippen LogP contribution in [0.15, 0.2) is 0 Å². The minimum absolute atomic E-state index is 0.168. The Morgan fingerprint density at radius 2 is 1.44 bits per heavy atom. The Morgan fingerprint density at radius 1 is 0.706 bits per heavy atom. The highest BCUT2D eigenvalue weighted by Gasteiger charge is 2.52. The highest BCUT2D eigenvalue weighted by Crippen LogP contribution is 2.50. The average molecular weight is 468 g/mol. The molecule has 6 rings (SSSR count). The third-order valence-corrected chi connectivity index (χ3v) is 11.8. The molecule has 0 radical (unpaired) electrons. The largest absolute Gasteiger partial charge is 0.314 e. The fourth-order valence-corrected chi connectivity index (χ4v) is 9.71. The fourth-order valence-electron chi connectivity index (χ4n) is 9.71. The molecule has 3 heterocycles. The number of hydrogen-bond donors (Lipinski definition) is 4. The lowest BCUT2D eigenvalue weighted by Gasteiger charge is -2.51. The first-order chi connectivity index (χ1) is 16.5. The van der Waals surface area contributed by atoms with Crippen LogP contribution in [-0.4, -0.2) is 37.3 Å². The predicted molar refractivity (Wildman–Crippen MR) is 137 cm³/mol. The first kappa shape index (κ1) is 23.7. The van der Waals surface area contributed by atoms with Gasteiger partial charge in [-0.15, -0.1) is 0 Å². The molecule has 3 saturated heterocycles. The maximum absolute atomic E-state index is 9.62. The van der Waals surface area contributed by atoms with E-state index in [1.807, 2.05) is 0 Å². The summed E-state index contributed by atoms with van der Waals surface area (Å²) in [6.45, 7) is 6.69. The zero-order chi connectivity index (χ0) is 23.3. The molecule has 3 aliphatic heterocycles. The molecule has 5 nitrogen and oxygen atoms in total. The van der Waals surface area contributed by atoms with Crippen LogP contribution in [0.4, 0.5) is 0 Å². The van der Waals surface area contributed by atoms with Crippen LogP contribution in [0.25, 0.3) is 0 Å². The number of hydrazine groups is 1. The van der Waals surface area contributed by atoms with Crippen LogP contribution in [0, 0.1) is 58.2 Å². The molecule has 3 saturated carbocycles. The van der Waals surface area contributed by atoms with E-state index in [1.165, 1.54) is 83.6 Å². The van der Waals surface area contributed by atoms with Gasteiger partial charge in [0.25, 0.3) is 0 Å². The lowest BCUT2D eigenvalue weighted by Crippen LogP contribution is -2.59. The van der Waals surface area contributed by atoms with Crippen molar-refractivity contribution in [2.75, 3.05) is 13.1 Å². The van der Waals surface area contributed by atoms with Crippen LogP contribution in [0.3, 0.4) is 0 Å². The molecule has 190 valence electrons. The third kappa shape index (κ3) is 4.36. The predicted octanol–water partition coefficient (Wildman–Crippen LogP) is 4.36. The van der Waals surface area contributed by atoms with E-state index in [1.54, 1.807) is 0 Å². The van der Waals surface area contributed by atoms with Gasteiger partial charge in [-0.2, -0.15) is 5.26 Å². The highest BCUT2D eigenvalue weighted by molar-refractivity contribution is 5.08. The van der Waals surface area contributed by atoms with E-state index in [0.717, 1.165) is 54.1 Å². The molecule has 6 fully saturated rings. The second-order valence-corrected chi connectivity index (χ2v) is 13.7. The van der Waals surface area contributed by atoms with Crippen LogP contribution >= 0.6 is 0 Å². The highest BCUT2D eigenvalue weighted by atomic mass is 15.4. The van der Waals surface area contributed by atoms with Gasteiger partial charge >= 0.3 is 0 Å². The van der Waals surface area contributed by atoms with Gasteiger partial charge in [-0.3, -0.25) is 10.9 Å². The number of nitriles is 1. The SMILES string of the molecule is CC(C)(C#N)C1CCC(C2NNC3CNC4CCC(C5CCC6NCCCC6C5)CC4C32)CC1. The van der Waals surface area contributed by atoms with Crippen molar-refractivity contribution in [2.45, 2.75) is 115 Å². The molecule has 4 N–H and O–H groups in total. The minimum atomic E-state index is -0.168. The van der Waals surface area contributed by atoms with Crippen LogP contribution < -0.4 is 21.5 Å². The second kappa shape index (κ2) is 9.66. The van der Waals surface area contributed by atoms with E-state index >= 15 is 0 Å². The smallest absolute Gasteiger partial charge is 0.0686 e. The number of piperidine rings is 2. The quantitative estimate of drug-likeness (QED) is 0.496. The summed E-state index contributed by atoms with van der Waals surface area (Å²) in [4.78, 5) is 0. The number of hydrogen-bond acceptors (Lipinski definition) is 5. The van der Waals surface area contributed by atoms with Crippen molar-refractivity contribution in [1.29, 1.82) is 5.26 Å². The summed E-state index contributed by atoms with van der Waals surface area (Å²) >= 11 is 0. The number of nitrogens with one attached hydrogen (secondary N) is 4. The van der Waals surface area contributed by atoms with Gasteiger partial charge in [-0.1, -0.05) is 0 Å². The summed E-state index contributed by atoms with van der Waals surface area (Å²) in [5.74, 6) is 5.86. The van der Waals surface area contributed by atoms with Gasteiger partial charge in [0.1, 0.15) is 0 Å². The van der Waals surface area contributed by atoms with Crippen molar-refractivity contribution >= 4 is 0 Å². The molecule has 0 aromatic heterocycles. The summed E-state index contributed by atoms with van der Waals surface area (Å²) in [5.41, 5.74) is 7.42. The molecule has 6 aliphatic rings. The van der Waals surface area contributed by atoms with Crippen molar-refractivity contribution < 1.29 is 0 Å². The fraction of sp³-hybridized carbons (Fsp3) is 0.966. The Kier molecular flexibility index (Phi) is 6.73. The monoisotopic (exact) mass is 467 g/mol. The van der Waals surface area contributed by atoms with Crippen molar-refractivity contribution in [3.8, 4) is 6.07 Å². The van der Waals surface area contributed by atoms with Crippen LogP contribution in [0.2, 0.25) is 0 Å². The van der Waals surface area contributed by atoms with E-state index < -0.39 is 0 Å². The van der Waals surface area contributed by atoms with Gasteiger partial charge in [-0.25, -0.2) is 0 Å². The van der Waals surface area contributed by atoms with Gasteiger partial charge in [0.15, 0.2) is 0 Å². The number of rotatable bonds is 3. The lowest BCUT2D eigenvalue weighted by atomic mass is 9.59. The molecule has 0 spiro atoms. The molecule has 34 heavy (non-hydrogen) atoms. The summed E-state index contributed by atoms with van der Waals surface area (Å²) in [6, 6.07) is 5.38. The van der Waals surface area contributed by atoms with E-state index in [2.05, 4.69) is 41.4 Å². The van der Waals surface area contributed by atoms with Gasteiger partial charge < -0.3 is 10.6 Å². The van der Waals surface area contributed by atoms with Crippen molar-refractivity contribution in [3.05, 3.63) is 0 Å². The van der Waals surface area contributed by atoms with E-state index in [4.69, 9.17) is 0 Å². The molecule has 9 atom stereocenters.